The van der Waals surface area contributed by atoms with E-state index in [0.717, 1.165) is 32.4 Å². The zero-order valence-electron chi connectivity index (χ0n) is 19.1. The van der Waals surface area contributed by atoms with E-state index >= 15 is 0 Å². The third-order valence-electron chi connectivity index (χ3n) is 5.10. The fraction of sp³-hybridized carbons (Fsp3) is 0.120. The number of nitrogens with zero attached hydrogens (tertiary/aromatic N) is 1. The second kappa shape index (κ2) is 9.77. The van der Waals surface area contributed by atoms with Crippen LogP contribution in [0.4, 0.5) is 5.69 Å². The zero-order valence-corrected chi connectivity index (χ0v) is 20.7. The summed E-state index contributed by atoms with van der Waals surface area (Å²) in [7, 11) is -1.40. The molecule has 1 heterocycles. The molecule has 4 rings (SSSR count). The summed E-state index contributed by atoms with van der Waals surface area (Å²) in [6.45, 7) is 2.03. The number of sulfonamides is 1. The van der Waals surface area contributed by atoms with Crippen LogP contribution in [0.15, 0.2) is 65.6 Å². The number of nitrogens with one attached hydrogen (secondary N) is 1. The van der Waals surface area contributed by atoms with E-state index < -0.39 is 16.0 Å². The van der Waals surface area contributed by atoms with Gasteiger partial charge in [0.15, 0.2) is 11.5 Å². The highest BCUT2D eigenvalue weighted by atomic mass is 32.2. The van der Waals surface area contributed by atoms with Crippen molar-refractivity contribution < 1.29 is 27.8 Å². The zero-order chi connectivity index (χ0) is 25.2. The van der Waals surface area contributed by atoms with Gasteiger partial charge in [0.05, 0.1) is 24.4 Å². The summed E-state index contributed by atoms with van der Waals surface area (Å²) in [6.07, 6.45) is 2.19. The summed E-state index contributed by atoms with van der Waals surface area (Å²) in [5.74, 6) is -0.999. The molecule has 0 fully saturated rings. The number of anilines is 1. The van der Waals surface area contributed by atoms with Crippen LogP contribution in [0.5, 0.6) is 11.5 Å². The highest BCUT2D eigenvalue weighted by Crippen LogP contribution is 2.37. The molecule has 0 atom stereocenters. The minimum atomic E-state index is -4.10. The number of aromatic nitrogens is 1. The predicted molar refractivity (Wildman–Crippen MR) is 137 cm³/mol. The van der Waals surface area contributed by atoms with Gasteiger partial charge in [-0.1, -0.05) is 6.07 Å². The molecule has 0 spiro atoms. The van der Waals surface area contributed by atoms with Gasteiger partial charge in [-0.05, 0) is 72.7 Å². The molecule has 1 aromatic heterocycles. The lowest BCUT2D eigenvalue weighted by molar-refractivity contribution is -0.131. The van der Waals surface area contributed by atoms with Crippen molar-refractivity contribution in [2.24, 2.45) is 0 Å². The van der Waals surface area contributed by atoms with E-state index in [2.05, 4.69) is 15.8 Å². The van der Waals surface area contributed by atoms with E-state index in [1.54, 1.807) is 35.6 Å². The van der Waals surface area contributed by atoms with Gasteiger partial charge in [-0.2, -0.15) is 0 Å². The first kappa shape index (κ1) is 24.2. The fourth-order valence-electron chi connectivity index (χ4n) is 3.46. The quantitative estimate of drug-likeness (QED) is 0.314. The second-order valence-corrected chi connectivity index (χ2v) is 10.3. The Balaban J connectivity index is 1.65. The van der Waals surface area contributed by atoms with Crippen LogP contribution < -0.4 is 14.2 Å². The molecular formula is C25H22N2O6S2. The van der Waals surface area contributed by atoms with E-state index in [1.165, 1.54) is 32.4 Å². The number of thiazole rings is 1. The molecule has 0 saturated carbocycles. The van der Waals surface area contributed by atoms with E-state index in [1.807, 2.05) is 19.1 Å². The average molecular weight is 511 g/mol. The molecule has 4 aromatic rings. The molecule has 0 aliphatic heterocycles. The number of methoxy groups -OCH3 is 2. The number of fused-ring (bicyclic) bond motifs is 1. The third kappa shape index (κ3) is 5.28. The van der Waals surface area contributed by atoms with Gasteiger partial charge in [-0.3, -0.25) is 4.72 Å². The highest BCUT2D eigenvalue weighted by molar-refractivity contribution is 7.92. The topological polar surface area (TPSA) is 115 Å². The van der Waals surface area contributed by atoms with Crippen LogP contribution in [-0.2, 0) is 14.8 Å². The molecule has 35 heavy (non-hydrogen) atoms. The first-order valence-electron chi connectivity index (χ1n) is 10.4. The van der Waals surface area contributed by atoms with E-state index in [4.69, 9.17) is 14.6 Å². The number of aryl methyl sites for hydroxylation is 1. The van der Waals surface area contributed by atoms with Crippen LogP contribution in [-0.4, -0.2) is 38.7 Å². The molecule has 2 N–H and O–H groups in total. The van der Waals surface area contributed by atoms with Gasteiger partial charge in [0.25, 0.3) is 10.0 Å². The smallest absolute Gasteiger partial charge is 0.328 e. The Kier molecular flexibility index (Phi) is 6.77. The van der Waals surface area contributed by atoms with Crippen LogP contribution in [0.25, 0.3) is 26.9 Å². The molecule has 10 heteroatoms. The van der Waals surface area contributed by atoms with Crippen molar-refractivity contribution in [2.45, 2.75) is 11.8 Å². The van der Waals surface area contributed by atoms with Gasteiger partial charge in [0, 0.05) is 17.3 Å². The van der Waals surface area contributed by atoms with Crippen molar-refractivity contribution in [2.75, 3.05) is 18.9 Å². The van der Waals surface area contributed by atoms with Gasteiger partial charge >= 0.3 is 5.97 Å². The summed E-state index contributed by atoms with van der Waals surface area (Å²) in [5, 5.41) is 9.74. The number of ether oxygens (including phenoxy) is 2. The lowest BCUT2D eigenvalue weighted by Crippen LogP contribution is -2.14. The monoisotopic (exact) mass is 510 g/mol. The van der Waals surface area contributed by atoms with Crippen molar-refractivity contribution in [3.05, 3.63) is 71.8 Å². The second-order valence-electron chi connectivity index (χ2n) is 7.60. The fourth-order valence-corrected chi connectivity index (χ4v) is 5.80. The van der Waals surface area contributed by atoms with Crippen LogP contribution >= 0.6 is 11.3 Å². The summed E-state index contributed by atoms with van der Waals surface area (Å²) < 4.78 is 40.7. The minimum Gasteiger partial charge on any atom is -0.493 e. The number of carboxylic acids is 1. The van der Waals surface area contributed by atoms with Gasteiger partial charge in [0.2, 0.25) is 0 Å². The lowest BCUT2D eigenvalue weighted by Gasteiger charge is -2.15. The van der Waals surface area contributed by atoms with Crippen LogP contribution in [0.3, 0.4) is 0 Å². The lowest BCUT2D eigenvalue weighted by atomic mass is 10.2. The third-order valence-corrected chi connectivity index (χ3v) is 7.56. The Morgan fingerprint density at radius 2 is 1.80 bits per heavy atom. The molecular weight excluding hydrogens is 488 g/mol. The molecule has 8 nitrogen and oxygen atoms in total. The van der Waals surface area contributed by atoms with Crippen molar-refractivity contribution in [3.8, 4) is 22.1 Å². The first-order chi connectivity index (χ1) is 16.7. The Morgan fingerprint density at radius 3 is 2.46 bits per heavy atom. The summed E-state index contributed by atoms with van der Waals surface area (Å²) in [5.41, 5.74) is 3.61. The van der Waals surface area contributed by atoms with Crippen LogP contribution in [0.2, 0.25) is 0 Å². The van der Waals surface area contributed by atoms with Gasteiger partial charge < -0.3 is 14.6 Å². The summed E-state index contributed by atoms with van der Waals surface area (Å²) in [4.78, 5) is 15.4. The van der Waals surface area contributed by atoms with E-state index in [-0.39, 0.29) is 16.4 Å². The number of rotatable bonds is 8. The number of benzene rings is 3. The van der Waals surface area contributed by atoms with Gasteiger partial charge in [-0.15, -0.1) is 11.3 Å². The number of carboxylic acid groups (broad SMARTS) is 1. The van der Waals surface area contributed by atoms with Crippen molar-refractivity contribution in [1.82, 2.24) is 4.98 Å². The van der Waals surface area contributed by atoms with Crippen molar-refractivity contribution in [1.29, 1.82) is 0 Å². The van der Waals surface area contributed by atoms with Gasteiger partial charge in [0.1, 0.15) is 9.90 Å². The minimum absolute atomic E-state index is 0.00821. The normalized spacial score (nSPS) is 11.6. The maximum absolute atomic E-state index is 13.2. The molecule has 0 unspecified atom stereocenters. The maximum Gasteiger partial charge on any atom is 0.328 e. The van der Waals surface area contributed by atoms with Crippen LogP contribution in [0, 0.1) is 6.92 Å². The largest absolute Gasteiger partial charge is 0.493 e. The maximum atomic E-state index is 13.2. The van der Waals surface area contributed by atoms with Gasteiger partial charge in [-0.25, -0.2) is 18.2 Å². The Labute approximate surface area is 206 Å². The molecule has 0 bridgehead atoms. The number of aliphatic carboxylic acids is 1. The molecule has 0 aliphatic carbocycles. The Morgan fingerprint density at radius 1 is 1.06 bits per heavy atom. The number of hydrogen-bond acceptors (Lipinski definition) is 7. The molecule has 180 valence electrons. The molecule has 0 saturated heterocycles. The van der Waals surface area contributed by atoms with Crippen molar-refractivity contribution >= 4 is 49.3 Å². The van der Waals surface area contributed by atoms with Crippen molar-refractivity contribution in [3.63, 3.8) is 0 Å². The molecule has 0 radical (unpaired) electrons. The molecule has 3 aromatic carbocycles. The highest BCUT2D eigenvalue weighted by Gasteiger charge is 2.24. The first-order valence-corrected chi connectivity index (χ1v) is 12.7. The van der Waals surface area contributed by atoms with Crippen LogP contribution in [0.1, 0.15) is 11.1 Å². The SMILES string of the molecule is COc1cc(/C=C/C(=O)O)cc(S(=O)(=O)Nc2ccc(-c3nc4ccc(C)cc4s3)cc2)c1OC. The molecule has 0 amide bonds. The number of carbonyl (C=O) groups is 1. The summed E-state index contributed by atoms with van der Waals surface area (Å²) in [6, 6.07) is 15.8. The number of hydrogen-bond donors (Lipinski definition) is 2. The predicted octanol–water partition coefficient (Wildman–Crippen LogP) is 5.19. The standard InChI is InChI=1S/C25H22N2O6S2/c1-15-4-10-19-21(12-15)34-25(26-19)17-6-8-18(9-7-17)27-35(30,31)22-14-16(5-11-23(28)29)13-20(32-2)24(22)33-3/h4-14,27H,1-3H3,(H,28,29)/b11-5+. The van der Waals surface area contributed by atoms with E-state index in [0.29, 0.717) is 11.3 Å². The van der Waals surface area contributed by atoms with E-state index in [9.17, 15) is 13.2 Å². The molecule has 0 aliphatic rings. The average Bonchev–Trinajstić information content (AvgIpc) is 3.25. The Hall–Kier alpha value is -3.89. The Bertz CT molecular complexity index is 1540. The summed E-state index contributed by atoms with van der Waals surface area (Å²) >= 11 is 1.57.